The molecule has 4 nitrogen and oxygen atoms in total. The molecule has 1 aromatic rings. The van der Waals surface area contributed by atoms with Gasteiger partial charge in [0.15, 0.2) is 10.9 Å². The van der Waals surface area contributed by atoms with Crippen LogP contribution in [0, 0.1) is 16.7 Å². The molecule has 0 aliphatic heterocycles. The zero-order chi connectivity index (χ0) is 16.1. The van der Waals surface area contributed by atoms with Gasteiger partial charge in [0, 0.05) is 6.04 Å². The second kappa shape index (κ2) is 5.38. The molecule has 3 rings (SSSR count). The van der Waals surface area contributed by atoms with Crippen LogP contribution in [-0.2, 0) is 0 Å². The van der Waals surface area contributed by atoms with Gasteiger partial charge < -0.3 is 5.32 Å². The number of fused-ring (bicyclic) bond motifs is 2. The SMILES string of the molecule is CSc1ncc(Cl)c(C(=O)N[C@@H]2C[C@H]3CC[C@@]2(C)C3(C)C)n1. The summed E-state index contributed by atoms with van der Waals surface area (Å²) < 4.78 is 0. The number of thioether (sulfide) groups is 1. The number of nitrogens with one attached hydrogen (secondary N) is 1. The summed E-state index contributed by atoms with van der Waals surface area (Å²) in [6.07, 6.45) is 6.86. The smallest absolute Gasteiger partial charge is 0.271 e. The summed E-state index contributed by atoms with van der Waals surface area (Å²) in [5.74, 6) is 0.503. The Kier molecular flexibility index (Phi) is 3.92. The van der Waals surface area contributed by atoms with Gasteiger partial charge >= 0.3 is 0 Å². The zero-order valence-corrected chi connectivity index (χ0v) is 15.0. The molecule has 6 heteroatoms. The van der Waals surface area contributed by atoms with Gasteiger partial charge in [0.1, 0.15) is 0 Å². The average Bonchev–Trinajstić information content (AvgIpc) is 2.81. The Morgan fingerprint density at radius 2 is 2.18 bits per heavy atom. The summed E-state index contributed by atoms with van der Waals surface area (Å²) in [7, 11) is 0. The van der Waals surface area contributed by atoms with Gasteiger partial charge in [-0.25, -0.2) is 9.97 Å². The molecule has 1 amide bonds. The fraction of sp³-hybridized carbons (Fsp3) is 0.688. The minimum absolute atomic E-state index is 0.148. The van der Waals surface area contributed by atoms with Gasteiger partial charge in [0.25, 0.3) is 5.91 Å². The van der Waals surface area contributed by atoms with E-state index in [1.807, 2.05) is 6.26 Å². The van der Waals surface area contributed by atoms with E-state index in [9.17, 15) is 4.79 Å². The van der Waals surface area contributed by atoms with Gasteiger partial charge in [0.2, 0.25) is 0 Å². The van der Waals surface area contributed by atoms with Crippen LogP contribution in [0.3, 0.4) is 0 Å². The first-order valence-corrected chi connectivity index (χ1v) is 9.27. The van der Waals surface area contributed by atoms with E-state index in [1.165, 1.54) is 30.8 Å². The lowest BCUT2D eigenvalue weighted by Gasteiger charge is -2.39. The van der Waals surface area contributed by atoms with Gasteiger partial charge in [-0.15, -0.1) is 0 Å². The number of amides is 1. The van der Waals surface area contributed by atoms with E-state index in [4.69, 9.17) is 11.6 Å². The standard InChI is InChI=1S/C16H22ClN3OS/c1-15(2)9-5-6-16(15,3)11(7-9)19-13(21)12-10(17)8-18-14(20-12)22-4/h8-9,11H,5-7H2,1-4H3,(H,19,21)/t9-,11-,16-/m1/s1. The molecular formula is C16H22ClN3OS. The quantitative estimate of drug-likeness (QED) is 0.672. The van der Waals surface area contributed by atoms with E-state index in [0.717, 1.165) is 6.42 Å². The Hall–Kier alpha value is -0.810. The fourth-order valence-electron chi connectivity index (χ4n) is 4.26. The van der Waals surface area contributed by atoms with Crippen molar-refractivity contribution in [1.82, 2.24) is 15.3 Å². The Morgan fingerprint density at radius 3 is 2.73 bits per heavy atom. The Labute approximate surface area is 140 Å². The highest BCUT2D eigenvalue weighted by Crippen LogP contribution is 2.65. The van der Waals surface area contributed by atoms with E-state index in [2.05, 4.69) is 36.1 Å². The molecule has 120 valence electrons. The summed E-state index contributed by atoms with van der Waals surface area (Å²) in [5.41, 5.74) is 0.699. The van der Waals surface area contributed by atoms with Crippen molar-refractivity contribution < 1.29 is 4.79 Å². The third-order valence-electron chi connectivity index (χ3n) is 6.22. The number of hydrogen-bond donors (Lipinski definition) is 1. The van der Waals surface area contributed by atoms with Gasteiger partial charge in [-0.2, -0.15) is 0 Å². The van der Waals surface area contributed by atoms with Crippen LogP contribution in [-0.4, -0.2) is 28.2 Å². The predicted octanol–water partition coefficient (Wildman–Crippen LogP) is 3.80. The molecule has 1 heterocycles. The van der Waals surface area contributed by atoms with Crippen LogP contribution in [0.4, 0.5) is 0 Å². The topological polar surface area (TPSA) is 54.9 Å². The first-order chi connectivity index (χ1) is 10.3. The number of nitrogens with zero attached hydrogens (tertiary/aromatic N) is 2. The third kappa shape index (κ3) is 2.24. The third-order valence-corrected chi connectivity index (χ3v) is 7.06. The van der Waals surface area contributed by atoms with Crippen molar-refractivity contribution in [2.24, 2.45) is 16.7 Å². The minimum atomic E-state index is -0.183. The van der Waals surface area contributed by atoms with Crippen molar-refractivity contribution in [2.45, 2.75) is 51.2 Å². The molecule has 1 N–H and O–H groups in total. The van der Waals surface area contributed by atoms with E-state index < -0.39 is 0 Å². The number of carbonyl (C=O) groups excluding carboxylic acids is 1. The van der Waals surface area contributed by atoms with Crippen LogP contribution in [0.2, 0.25) is 5.02 Å². The van der Waals surface area contributed by atoms with Crippen LogP contribution in [0.5, 0.6) is 0 Å². The van der Waals surface area contributed by atoms with Crippen molar-refractivity contribution in [3.05, 3.63) is 16.9 Å². The van der Waals surface area contributed by atoms with Gasteiger partial charge in [-0.1, -0.05) is 44.1 Å². The van der Waals surface area contributed by atoms with E-state index >= 15 is 0 Å². The highest BCUT2D eigenvalue weighted by Gasteiger charge is 2.61. The fourth-order valence-corrected chi connectivity index (χ4v) is 4.77. The van der Waals surface area contributed by atoms with Crippen LogP contribution in [0.25, 0.3) is 0 Å². The number of carbonyl (C=O) groups is 1. The lowest BCUT2D eigenvalue weighted by atomic mass is 9.69. The van der Waals surface area contributed by atoms with Gasteiger partial charge in [0.05, 0.1) is 11.2 Å². The molecule has 0 radical (unpaired) electrons. The lowest BCUT2D eigenvalue weighted by Crippen LogP contribution is -2.47. The van der Waals surface area contributed by atoms with Gasteiger partial charge in [-0.3, -0.25) is 4.79 Å². The number of halogens is 1. The molecule has 2 aliphatic carbocycles. The second-order valence-corrected chi connectivity index (χ2v) is 8.37. The molecule has 2 fully saturated rings. The molecule has 0 aromatic carbocycles. The first-order valence-electron chi connectivity index (χ1n) is 7.67. The van der Waals surface area contributed by atoms with Crippen molar-refractivity contribution in [2.75, 3.05) is 6.26 Å². The molecule has 2 saturated carbocycles. The maximum atomic E-state index is 12.6. The highest BCUT2D eigenvalue weighted by atomic mass is 35.5. The second-order valence-electron chi connectivity index (χ2n) is 7.19. The average molecular weight is 340 g/mol. The van der Waals surface area contributed by atoms with Crippen LogP contribution in [0.15, 0.2) is 11.4 Å². The lowest BCUT2D eigenvalue weighted by molar-refractivity contribution is 0.0821. The number of aromatic nitrogens is 2. The summed E-state index contributed by atoms with van der Waals surface area (Å²) in [5, 5.41) is 4.06. The van der Waals surface area contributed by atoms with Crippen molar-refractivity contribution in [1.29, 1.82) is 0 Å². The molecule has 0 unspecified atom stereocenters. The number of hydrogen-bond acceptors (Lipinski definition) is 4. The van der Waals surface area contributed by atoms with Crippen LogP contribution >= 0.6 is 23.4 Å². The molecule has 3 atom stereocenters. The van der Waals surface area contributed by atoms with Crippen molar-refractivity contribution >= 4 is 29.3 Å². The summed E-state index contributed by atoms with van der Waals surface area (Å²) in [6.45, 7) is 6.97. The maximum Gasteiger partial charge on any atom is 0.271 e. The molecular weight excluding hydrogens is 318 g/mol. The molecule has 1 aromatic heterocycles. The minimum Gasteiger partial charge on any atom is -0.347 e. The van der Waals surface area contributed by atoms with Crippen molar-refractivity contribution in [3.8, 4) is 0 Å². The Bertz CT molecular complexity index is 621. The molecule has 0 spiro atoms. The molecule has 22 heavy (non-hydrogen) atoms. The van der Waals surface area contributed by atoms with E-state index in [0.29, 0.717) is 16.1 Å². The van der Waals surface area contributed by atoms with E-state index in [1.54, 1.807) is 0 Å². The molecule has 2 bridgehead atoms. The summed E-state index contributed by atoms with van der Waals surface area (Å²) in [4.78, 5) is 21.0. The van der Waals surface area contributed by atoms with Gasteiger partial charge in [-0.05, 0) is 42.3 Å². The number of rotatable bonds is 3. The Morgan fingerprint density at radius 1 is 1.45 bits per heavy atom. The normalized spacial score (nSPS) is 32.2. The van der Waals surface area contributed by atoms with Crippen LogP contribution in [0.1, 0.15) is 50.5 Å². The van der Waals surface area contributed by atoms with Crippen molar-refractivity contribution in [3.63, 3.8) is 0 Å². The summed E-state index contributed by atoms with van der Waals surface area (Å²) >= 11 is 7.51. The highest BCUT2D eigenvalue weighted by molar-refractivity contribution is 7.98. The molecule has 0 saturated heterocycles. The monoisotopic (exact) mass is 339 g/mol. The molecule has 2 aliphatic rings. The maximum absolute atomic E-state index is 12.6. The van der Waals surface area contributed by atoms with Crippen LogP contribution < -0.4 is 5.32 Å². The first kappa shape index (κ1) is 16.1. The summed E-state index contributed by atoms with van der Waals surface area (Å²) in [6, 6.07) is 0.192. The zero-order valence-electron chi connectivity index (χ0n) is 13.4. The van der Waals surface area contributed by atoms with E-state index in [-0.39, 0.29) is 28.5 Å². The predicted molar refractivity (Wildman–Crippen MR) is 89.3 cm³/mol. The Balaban J connectivity index is 1.82. The largest absolute Gasteiger partial charge is 0.347 e.